The number of aliphatic hydroxyl groups excluding tert-OH is 3. The Hall–Kier alpha value is -3.32. The number of esters is 2. The van der Waals surface area contributed by atoms with Crippen LogP contribution in [0.3, 0.4) is 0 Å². The molecule has 0 aliphatic heterocycles. The van der Waals surface area contributed by atoms with Crippen LogP contribution in [-0.2, 0) is 14.3 Å². The number of nitrogens with two attached hydrogens (primary N) is 2. The van der Waals surface area contributed by atoms with Crippen LogP contribution in [0.2, 0.25) is 0 Å². The predicted molar refractivity (Wildman–Crippen MR) is 146 cm³/mol. The van der Waals surface area contributed by atoms with Crippen molar-refractivity contribution in [2.75, 3.05) is 13.2 Å². The highest BCUT2D eigenvalue weighted by molar-refractivity contribution is 5.88. The number of rotatable bonds is 16. The van der Waals surface area contributed by atoms with E-state index in [4.69, 9.17) is 26.4 Å². The molecule has 0 spiro atoms. The van der Waals surface area contributed by atoms with E-state index in [1.54, 1.807) is 12.1 Å². The average molecular weight is 565 g/mol. The normalized spacial score (nSPS) is 22.3. The molecule has 6 atom stereocenters. The molecule has 0 bridgehead atoms. The molecule has 1 fully saturated rings. The molecular formula is C28H41FN4O7. The van der Waals surface area contributed by atoms with E-state index in [1.165, 1.54) is 24.3 Å². The number of aliphatic hydroxyl groups is 3. The lowest BCUT2D eigenvalue weighted by molar-refractivity contribution is -0.160. The van der Waals surface area contributed by atoms with E-state index >= 15 is 0 Å². The second kappa shape index (κ2) is 17.4. The summed E-state index contributed by atoms with van der Waals surface area (Å²) in [4.78, 5) is 23.8. The third-order valence-electron chi connectivity index (χ3n) is 6.57. The summed E-state index contributed by atoms with van der Waals surface area (Å²) in [6.45, 7) is 0.227. The number of para-hydroxylation sites is 1. The molecule has 1 aliphatic rings. The molecule has 0 saturated heterocycles. The minimum atomic E-state index is -1.02. The molecule has 1 aromatic rings. The Morgan fingerprint density at radius 1 is 1.20 bits per heavy atom. The smallest absolute Gasteiger partial charge is 0.330 e. The van der Waals surface area contributed by atoms with Crippen LogP contribution in [0.15, 0.2) is 48.6 Å². The van der Waals surface area contributed by atoms with Crippen LogP contribution in [0.1, 0.15) is 44.9 Å². The number of hydrogen-bond acceptors (Lipinski definition) is 9. The van der Waals surface area contributed by atoms with E-state index in [0.717, 1.165) is 0 Å². The average Bonchev–Trinajstić information content (AvgIpc) is 3.17. The minimum Gasteiger partial charge on any atom is -0.487 e. The van der Waals surface area contributed by atoms with Crippen molar-refractivity contribution in [3.8, 4) is 5.75 Å². The lowest BCUT2D eigenvalue weighted by Gasteiger charge is -2.19. The van der Waals surface area contributed by atoms with Gasteiger partial charge in [-0.1, -0.05) is 36.4 Å². The number of unbranched alkanes of at least 4 members (excludes halogenated alkanes) is 1. The molecule has 222 valence electrons. The molecule has 1 aliphatic carbocycles. The highest BCUT2D eigenvalue weighted by Crippen LogP contribution is 2.36. The molecule has 1 saturated carbocycles. The van der Waals surface area contributed by atoms with E-state index < -0.39 is 42.1 Å². The standard InChI is InChI=1S/C28H41FN4O7/c29-21-9-5-6-11-25(21)39-17-18(34)13-14-20-19(23(35)16-24(20)36)8-3-1-2-4-12-26(37)40-27(38)22(30)10-7-15-33-28(31)32/h1,3,5-6,9,11,13-14,18-20,22-24,34-36H,2,4,7-8,10,12,15-17,30H2,(H4,31,32,33)/b3-1-,14-13+/t18-,19-,20-,22+,23+,24-/m1/s1. The van der Waals surface area contributed by atoms with E-state index in [1.807, 2.05) is 12.2 Å². The van der Waals surface area contributed by atoms with Gasteiger partial charge in [0.15, 0.2) is 17.5 Å². The zero-order valence-corrected chi connectivity index (χ0v) is 22.5. The molecular weight excluding hydrogens is 523 g/mol. The fourth-order valence-electron chi connectivity index (χ4n) is 4.39. The van der Waals surface area contributed by atoms with Gasteiger partial charge >= 0.3 is 11.9 Å². The SMILES string of the molecule is N=C(N)NCCC[C@H](N)C(=O)OC(=O)CCC/C=C\C[C@@H]1[C@@H](/C=C/[C@@H](O)COc2ccccc2F)[C@H](O)C[C@@H]1O. The van der Waals surface area contributed by atoms with Crippen molar-refractivity contribution in [3.05, 3.63) is 54.4 Å². The molecule has 11 nitrogen and oxygen atoms in total. The van der Waals surface area contributed by atoms with Crippen molar-refractivity contribution >= 4 is 17.9 Å². The fourth-order valence-corrected chi connectivity index (χ4v) is 4.39. The zero-order chi connectivity index (χ0) is 29.5. The van der Waals surface area contributed by atoms with E-state index in [0.29, 0.717) is 32.2 Å². The summed E-state index contributed by atoms with van der Waals surface area (Å²) in [5.41, 5.74) is 10.9. The molecule has 0 amide bonds. The molecule has 12 heteroatoms. The van der Waals surface area contributed by atoms with Crippen LogP contribution >= 0.6 is 0 Å². The van der Waals surface area contributed by atoms with Crippen LogP contribution in [-0.4, -0.2) is 70.7 Å². The first-order chi connectivity index (χ1) is 19.1. The Labute approximate surface area is 233 Å². The Balaban J connectivity index is 1.69. The van der Waals surface area contributed by atoms with Gasteiger partial charge in [-0.25, -0.2) is 9.18 Å². The number of ether oxygens (including phenoxy) is 2. The number of halogens is 1. The maximum absolute atomic E-state index is 13.7. The third kappa shape index (κ3) is 11.8. The number of allylic oxidation sites excluding steroid dienone is 2. The number of nitrogens with one attached hydrogen (secondary N) is 2. The van der Waals surface area contributed by atoms with Gasteiger partial charge in [0.1, 0.15) is 18.8 Å². The predicted octanol–water partition coefficient (Wildman–Crippen LogP) is 1.26. The number of carbonyl (C=O) groups excluding carboxylic acids is 2. The number of carbonyl (C=O) groups is 2. The first-order valence-electron chi connectivity index (χ1n) is 13.4. The summed E-state index contributed by atoms with van der Waals surface area (Å²) in [5, 5.41) is 40.6. The molecule has 1 aromatic carbocycles. The molecule has 0 unspecified atom stereocenters. The van der Waals surface area contributed by atoms with Gasteiger partial charge in [-0.3, -0.25) is 10.2 Å². The lowest BCUT2D eigenvalue weighted by atomic mass is 9.89. The van der Waals surface area contributed by atoms with Gasteiger partial charge < -0.3 is 41.6 Å². The Morgan fingerprint density at radius 3 is 2.67 bits per heavy atom. The molecule has 0 heterocycles. The van der Waals surface area contributed by atoms with Crippen LogP contribution < -0.4 is 21.5 Å². The molecule has 2 rings (SSSR count). The van der Waals surface area contributed by atoms with Gasteiger partial charge in [0.2, 0.25) is 0 Å². The van der Waals surface area contributed by atoms with Gasteiger partial charge in [-0.2, -0.15) is 0 Å². The Morgan fingerprint density at radius 2 is 1.95 bits per heavy atom. The van der Waals surface area contributed by atoms with Gasteiger partial charge in [-0.15, -0.1) is 0 Å². The number of benzene rings is 1. The van der Waals surface area contributed by atoms with Crippen LogP contribution in [0, 0.1) is 23.1 Å². The third-order valence-corrected chi connectivity index (χ3v) is 6.57. The van der Waals surface area contributed by atoms with Gasteiger partial charge in [0.05, 0.1) is 12.2 Å². The van der Waals surface area contributed by atoms with E-state index in [2.05, 4.69) is 5.32 Å². The van der Waals surface area contributed by atoms with Crippen molar-refractivity contribution < 1.29 is 38.8 Å². The summed E-state index contributed by atoms with van der Waals surface area (Å²) in [7, 11) is 0. The van der Waals surface area contributed by atoms with E-state index in [-0.39, 0.29) is 49.4 Å². The van der Waals surface area contributed by atoms with Crippen molar-refractivity contribution in [1.82, 2.24) is 5.32 Å². The first-order valence-corrected chi connectivity index (χ1v) is 13.4. The summed E-state index contributed by atoms with van der Waals surface area (Å²) >= 11 is 0. The fraction of sp³-hybridized carbons (Fsp3) is 0.536. The van der Waals surface area contributed by atoms with Gasteiger partial charge in [0, 0.05) is 25.3 Å². The maximum atomic E-state index is 13.7. The van der Waals surface area contributed by atoms with Crippen molar-refractivity contribution in [2.24, 2.45) is 23.3 Å². The topological polar surface area (TPSA) is 201 Å². The highest BCUT2D eigenvalue weighted by Gasteiger charge is 2.39. The number of hydrogen-bond donors (Lipinski definition) is 7. The van der Waals surface area contributed by atoms with Crippen molar-refractivity contribution in [2.45, 2.75) is 69.3 Å². The first kappa shape index (κ1) is 32.9. The van der Waals surface area contributed by atoms with Crippen LogP contribution in [0.5, 0.6) is 5.75 Å². The Bertz CT molecular complexity index is 1020. The summed E-state index contributed by atoms with van der Waals surface area (Å²) < 4.78 is 23.7. The highest BCUT2D eigenvalue weighted by atomic mass is 19.1. The minimum absolute atomic E-state index is 0.0351. The Kier molecular flexibility index (Phi) is 14.3. The summed E-state index contributed by atoms with van der Waals surface area (Å²) in [6, 6.07) is 4.95. The molecule has 40 heavy (non-hydrogen) atoms. The van der Waals surface area contributed by atoms with Crippen LogP contribution in [0.25, 0.3) is 0 Å². The monoisotopic (exact) mass is 564 g/mol. The van der Waals surface area contributed by atoms with Gasteiger partial charge in [-0.05, 0) is 50.2 Å². The molecule has 0 radical (unpaired) electrons. The summed E-state index contributed by atoms with van der Waals surface area (Å²) in [6.07, 6.45) is 6.85. The number of guanidine groups is 1. The molecule has 9 N–H and O–H groups in total. The maximum Gasteiger partial charge on any atom is 0.330 e. The van der Waals surface area contributed by atoms with Crippen LogP contribution in [0.4, 0.5) is 4.39 Å². The quantitative estimate of drug-likeness (QED) is 0.0383. The van der Waals surface area contributed by atoms with Crippen molar-refractivity contribution in [1.29, 1.82) is 5.41 Å². The molecule has 0 aromatic heterocycles. The van der Waals surface area contributed by atoms with Crippen molar-refractivity contribution in [3.63, 3.8) is 0 Å². The second-order valence-electron chi connectivity index (χ2n) is 9.79. The second-order valence-corrected chi connectivity index (χ2v) is 9.79. The van der Waals surface area contributed by atoms with E-state index in [9.17, 15) is 29.3 Å². The van der Waals surface area contributed by atoms with Gasteiger partial charge in [0.25, 0.3) is 0 Å². The lowest BCUT2D eigenvalue weighted by Crippen LogP contribution is -2.36. The summed E-state index contributed by atoms with van der Waals surface area (Å²) in [5.74, 6) is -2.76. The largest absolute Gasteiger partial charge is 0.487 e. The zero-order valence-electron chi connectivity index (χ0n) is 22.5.